The van der Waals surface area contributed by atoms with Crippen LogP contribution in [0.15, 0.2) is 43.0 Å². The smallest absolute Gasteiger partial charge is 0.382 e. The number of aromatic nitrogens is 7. The van der Waals surface area contributed by atoms with E-state index in [-0.39, 0.29) is 23.6 Å². The van der Waals surface area contributed by atoms with Crippen LogP contribution in [0.4, 0.5) is 34.9 Å². The van der Waals surface area contributed by atoms with E-state index < -0.39 is 33.8 Å². The van der Waals surface area contributed by atoms with Gasteiger partial charge in [-0.3, -0.25) is 4.68 Å². The molecule has 2 aliphatic carbocycles. The zero-order valence-corrected chi connectivity index (χ0v) is 25.1. The molecule has 0 amide bonds. The van der Waals surface area contributed by atoms with Gasteiger partial charge in [0.15, 0.2) is 5.82 Å². The average molecular weight is 649 g/mol. The van der Waals surface area contributed by atoms with Crippen molar-refractivity contribution in [3.63, 3.8) is 0 Å². The summed E-state index contributed by atoms with van der Waals surface area (Å²) >= 11 is 0. The van der Waals surface area contributed by atoms with Gasteiger partial charge in [0, 0.05) is 55.4 Å². The molecule has 0 spiro atoms. The lowest BCUT2D eigenvalue weighted by atomic mass is 9.91. The van der Waals surface area contributed by atoms with Crippen molar-refractivity contribution in [2.24, 2.45) is 7.05 Å². The van der Waals surface area contributed by atoms with E-state index >= 15 is 0 Å². The first-order valence-corrected chi connectivity index (χ1v) is 16.1. The Labute approximate surface area is 256 Å². The molecule has 3 N–H and O–H groups in total. The molecular weight excluding hydrogens is 616 g/mol. The van der Waals surface area contributed by atoms with Crippen LogP contribution in [0.25, 0.3) is 22.6 Å². The predicted molar refractivity (Wildman–Crippen MR) is 159 cm³/mol. The first-order chi connectivity index (χ1) is 21.5. The highest BCUT2D eigenvalue weighted by Gasteiger charge is 2.38. The maximum Gasteiger partial charge on any atom is 0.433 e. The van der Waals surface area contributed by atoms with Crippen molar-refractivity contribution < 1.29 is 26.0 Å². The number of pyridine rings is 1. The molecule has 4 aromatic heterocycles. The zero-order valence-electron chi connectivity index (χ0n) is 24.3. The second-order valence-electron chi connectivity index (χ2n) is 11.2. The molecule has 17 heteroatoms. The van der Waals surface area contributed by atoms with Crippen LogP contribution < -0.4 is 16.0 Å². The number of hydrogen-bond acceptors (Lipinski definition) is 10. The second-order valence-corrected chi connectivity index (χ2v) is 13.3. The van der Waals surface area contributed by atoms with E-state index in [1.54, 1.807) is 12.1 Å². The summed E-state index contributed by atoms with van der Waals surface area (Å²) in [5.41, 5.74) is 0.595. The molecule has 45 heavy (non-hydrogen) atoms. The molecule has 2 saturated carbocycles. The fourth-order valence-corrected chi connectivity index (χ4v) is 6.88. The van der Waals surface area contributed by atoms with Crippen LogP contribution in [-0.4, -0.2) is 72.9 Å². The molecule has 0 aliphatic heterocycles. The van der Waals surface area contributed by atoms with Crippen molar-refractivity contribution in [1.82, 2.24) is 39.2 Å². The molecule has 6 rings (SSSR count). The van der Waals surface area contributed by atoms with E-state index in [0.717, 1.165) is 40.5 Å². The number of halogens is 4. The van der Waals surface area contributed by atoms with E-state index in [2.05, 4.69) is 41.1 Å². The van der Waals surface area contributed by atoms with Crippen LogP contribution in [0.5, 0.6) is 0 Å². The van der Waals surface area contributed by atoms with E-state index in [1.165, 1.54) is 31.8 Å². The highest BCUT2D eigenvalue weighted by atomic mass is 32.2. The molecule has 2 aliphatic rings. The maximum absolute atomic E-state index is 13.6. The van der Waals surface area contributed by atoms with E-state index in [9.17, 15) is 26.0 Å². The molecule has 12 nitrogen and oxygen atoms in total. The minimum Gasteiger partial charge on any atom is -0.382 e. The van der Waals surface area contributed by atoms with E-state index in [4.69, 9.17) is 0 Å². The summed E-state index contributed by atoms with van der Waals surface area (Å²) in [6.07, 6.45) is 5.59. The van der Waals surface area contributed by atoms with Gasteiger partial charge in [0.25, 0.3) is 10.0 Å². The Bertz CT molecular complexity index is 1760. The van der Waals surface area contributed by atoms with E-state index in [1.807, 2.05) is 0 Å². The highest BCUT2D eigenvalue weighted by Crippen LogP contribution is 2.36. The first kappa shape index (κ1) is 30.9. The van der Waals surface area contributed by atoms with Gasteiger partial charge in [0.2, 0.25) is 0 Å². The zero-order chi connectivity index (χ0) is 31.8. The Hall–Kier alpha value is -4.12. The van der Waals surface area contributed by atoms with Crippen LogP contribution in [-0.2, 0) is 23.2 Å². The van der Waals surface area contributed by atoms with Crippen molar-refractivity contribution in [1.29, 1.82) is 0 Å². The summed E-state index contributed by atoms with van der Waals surface area (Å²) in [6, 6.07) is 4.53. The van der Waals surface area contributed by atoms with Gasteiger partial charge in [-0.25, -0.2) is 27.8 Å². The molecule has 0 atom stereocenters. The summed E-state index contributed by atoms with van der Waals surface area (Å²) < 4.78 is 80.1. The third-order valence-electron chi connectivity index (χ3n) is 7.90. The molecule has 0 unspecified atom stereocenters. The molecule has 4 heterocycles. The number of rotatable bonds is 11. The van der Waals surface area contributed by atoms with Gasteiger partial charge in [-0.15, -0.1) is 0 Å². The van der Waals surface area contributed by atoms with Gasteiger partial charge < -0.3 is 16.0 Å². The molecule has 4 aromatic rings. The summed E-state index contributed by atoms with van der Waals surface area (Å²) in [7, 11) is -2.30. The fraction of sp³-hybridized carbons (Fsp3) is 0.464. The molecule has 240 valence electrons. The third-order valence-corrected chi connectivity index (χ3v) is 9.94. The van der Waals surface area contributed by atoms with Crippen LogP contribution in [0.1, 0.15) is 44.2 Å². The Morgan fingerprint density at radius 3 is 2.44 bits per heavy atom. The van der Waals surface area contributed by atoms with Crippen molar-refractivity contribution in [3.05, 3.63) is 48.7 Å². The van der Waals surface area contributed by atoms with Crippen molar-refractivity contribution in [3.8, 4) is 22.6 Å². The number of nitrogens with zero attached hydrogens (tertiary/aromatic N) is 7. The number of nitrogens with one attached hydrogen (secondary N) is 3. The van der Waals surface area contributed by atoms with Crippen LogP contribution >= 0.6 is 0 Å². The lowest BCUT2D eigenvalue weighted by Crippen LogP contribution is -2.37. The maximum atomic E-state index is 13.6. The number of anilines is 3. The Balaban J connectivity index is 1.25. The lowest BCUT2D eigenvalue weighted by Gasteiger charge is -2.30. The largest absolute Gasteiger partial charge is 0.433 e. The molecule has 0 bridgehead atoms. The number of alkyl halides is 4. The van der Waals surface area contributed by atoms with Gasteiger partial charge in [0.1, 0.15) is 24.0 Å². The van der Waals surface area contributed by atoms with Gasteiger partial charge in [0.05, 0.1) is 28.9 Å². The van der Waals surface area contributed by atoms with Gasteiger partial charge in [-0.05, 0) is 50.7 Å². The molecule has 0 saturated heterocycles. The predicted octanol–water partition coefficient (Wildman–Crippen LogP) is 4.52. The highest BCUT2D eigenvalue weighted by molar-refractivity contribution is 7.90. The SMILES string of the molecule is Cn1nc(-c2cnc(Nc3ccnc(-c4cnn(S(=O)(=O)C5CC5)c4)n3)cc2NC2CCC(NCCF)CC2)cc1C(F)(F)F. The fourth-order valence-electron chi connectivity index (χ4n) is 5.41. The van der Waals surface area contributed by atoms with Gasteiger partial charge in [-0.1, -0.05) is 0 Å². The topological polar surface area (TPSA) is 145 Å². The third kappa shape index (κ3) is 6.93. The van der Waals surface area contributed by atoms with Crippen LogP contribution in [0.3, 0.4) is 0 Å². The van der Waals surface area contributed by atoms with Crippen molar-refractivity contribution >= 4 is 27.3 Å². The van der Waals surface area contributed by atoms with Gasteiger partial charge >= 0.3 is 6.18 Å². The monoisotopic (exact) mass is 648 g/mol. The molecule has 0 radical (unpaired) electrons. The second kappa shape index (κ2) is 12.3. The molecule has 0 aromatic carbocycles. The van der Waals surface area contributed by atoms with Crippen molar-refractivity contribution in [2.45, 2.75) is 62.0 Å². The number of hydrogen-bond donors (Lipinski definition) is 3. The Morgan fingerprint density at radius 2 is 1.76 bits per heavy atom. The molecular formula is C28H32F4N10O2S. The van der Waals surface area contributed by atoms with E-state index in [0.29, 0.717) is 47.8 Å². The normalized spacial score (nSPS) is 19.0. The Kier molecular flexibility index (Phi) is 8.47. The summed E-state index contributed by atoms with van der Waals surface area (Å²) in [5.74, 6) is 0.974. The number of aryl methyl sites for hydroxylation is 1. The molecule has 2 fully saturated rings. The minimum atomic E-state index is -4.57. The van der Waals surface area contributed by atoms with Crippen LogP contribution in [0.2, 0.25) is 0 Å². The quantitative estimate of drug-likeness (QED) is 0.199. The lowest BCUT2D eigenvalue weighted by molar-refractivity contribution is -0.143. The standard InChI is InChI=1S/C28H32F4N10O2S/c1-41-24(28(30,31)32)12-23(40-41)21-15-35-26(13-22(21)37-19-4-2-18(3-5-19)33-11-9-29)38-25-8-10-34-27(39-25)17-14-36-42(16-17)45(43,44)20-6-7-20/h8,10,12-16,18-20,33H,2-7,9,11H2,1H3,(H2,34,35,37,38,39). The summed E-state index contributed by atoms with van der Waals surface area (Å²) in [5, 5.41) is 17.5. The van der Waals surface area contributed by atoms with Crippen LogP contribution in [0, 0.1) is 0 Å². The van der Waals surface area contributed by atoms with Gasteiger partial charge in [-0.2, -0.15) is 27.5 Å². The summed E-state index contributed by atoms with van der Waals surface area (Å²) in [6.45, 7) is -0.127. The average Bonchev–Trinajstić information content (AvgIpc) is 3.62. The van der Waals surface area contributed by atoms with Crippen molar-refractivity contribution in [2.75, 3.05) is 23.9 Å². The Morgan fingerprint density at radius 1 is 1.00 bits per heavy atom. The minimum absolute atomic E-state index is 0.0299. The first-order valence-electron chi connectivity index (χ1n) is 14.6. The summed E-state index contributed by atoms with van der Waals surface area (Å²) in [4.78, 5) is 13.2.